The third-order valence-electron chi connectivity index (χ3n) is 5.71. The molecule has 0 bridgehead atoms. The predicted molar refractivity (Wildman–Crippen MR) is 125 cm³/mol. The van der Waals surface area contributed by atoms with Gasteiger partial charge < -0.3 is 30.5 Å². The Morgan fingerprint density at radius 1 is 1.32 bits per heavy atom. The molecule has 2 amide bonds. The molecule has 0 spiro atoms. The van der Waals surface area contributed by atoms with Crippen LogP contribution in [0, 0.1) is 0 Å². The number of nitrogens with zero attached hydrogens (tertiary/aromatic N) is 5. The van der Waals surface area contributed by atoms with Crippen LogP contribution < -0.4 is 20.7 Å². The Morgan fingerprint density at radius 2 is 2.11 bits per heavy atom. The first-order chi connectivity index (χ1) is 17.8. The summed E-state index contributed by atoms with van der Waals surface area (Å²) in [7, 11) is 0. The summed E-state index contributed by atoms with van der Waals surface area (Å²) in [5.74, 6) is -3.41. The minimum absolute atomic E-state index is 0.0667. The monoisotopic (exact) mass is 545 g/mol. The Morgan fingerprint density at radius 3 is 2.76 bits per heavy atom. The molecular weight excluding hydrogens is 526 g/mol. The van der Waals surface area contributed by atoms with Gasteiger partial charge in [-0.1, -0.05) is 11.2 Å². The van der Waals surface area contributed by atoms with Gasteiger partial charge in [0, 0.05) is 41.4 Å². The van der Waals surface area contributed by atoms with Gasteiger partial charge in [-0.25, -0.2) is 9.36 Å². The molecule has 0 radical (unpaired) electrons. The Bertz CT molecular complexity index is 1330. The molecule has 2 saturated heterocycles. The van der Waals surface area contributed by atoms with Crippen LogP contribution in [0.25, 0.3) is 0 Å². The molecule has 192 valence electrons. The zero-order valence-corrected chi connectivity index (χ0v) is 20.6. The van der Waals surface area contributed by atoms with Crippen molar-refractivity contribution in [2.45, 2.75) is 30.5 Å². The summed E-state index contributed by atoms with van der Waals surface area (Å²) in [6.07, 6.45) is 2.82. The Balaban J connectivity index is 1.34. The lowest BCUT2D eigenvalue weighted by Crippen LogP contribution is -2.71. The highest BCUT2D eigenvalue weighted by Crippen LogP contribution is 2.40. The van der Waals surface area contributed by atoms with E-state index < -0.39 is 47.0 Å². The minimum Gasteiger partial charge on any atom is -0.543 e. The molecule has 16 heteroatoms. The van der Waals surface area contributed by atoms with E-state index in [1.807, 2.05) is 18.2 Å². The first-order valence-corrected chi connectivity index (χ1v) is 12.8. The molecule has 2 unspecified atom stereocenters. The summed E-state index contributed by atoms with van der Waals surface area (Å²) < 4.78 is 10.6. The van der Waals surface area contributed by atoms with Crippen LogP contribution in [-0.4, -0.2) is 73.6 Å². The van der Waals surface area contributed by atoms with Gasteiger partial charge in [-0.2, -0.15) is 9.36 Å². The second-order valence-electron chi connectivity index (χ2n) is 8.09. The summed E-state index contributed by atoms with van der Waals surface area (Å²) in [6.45, 7) is 0.423. The molecule has 3 aliphatic rings. The van der Waals surface area contributed by atoms with Crippen molar-refractivity contribution in [3.05, 3.63) is 47.7 Å². The highest BCUT2D eigenvalue weighted by Gasteiger charge is 2.53. The van der Waals surface area contributed by atoms with Crippen LogP contribution in [-0.2, 0) is 35.3 Å². The lowest BCUT2D eigenvalue weighted by molar-refractivity contribution is -0.689. The van der Waals surface area contributed by atoms with Gasteiger partial charge in [0.1, 0.15) is 11.4 Å². The zero-order valence-electron chi connectivity index (χ0n) is 18.9. The number of aromatic nitrogens is 3. The van der Waals surface area contributed by atoms with Gasteiger partial charge >= 0.3 is 5.97 Å². The number of oxime groups is 1. The molecular formula is C21H19N7O7S2. The number of nitrogens with one attached hydrogen (secondary N) is 1. The highest BCUT2D eigenvalue weighted by atomic mass is 32.2. The quantitative estimate of drug-likeness (QED) is 0.118. The molecule has 2 aromatic heterocycles. The van der Waals surface area contributed by atoms with Crippen molar-refractivity contribution in [2.24, 2.45) is 5.16 Å². The number of esters is 1. The van der Waals surface area contributed by atoms with Crippen LogP contribution in [0.5, 0.6) is 0 Å². The number of pyridine rings is 1. The van der Waals surface area contributed by atoms with E-state index in [2.05, 4.69) is 19.8 Å². The highest BCUT2D eigenvalue weighted by molar-refractivity contribution is 8.00. The van der Waals surface area contributed by atoms with E-state index in [0.717, 1.165) is 16.4 Å². The Hall–Kier alpha value is -4.05. The lowest BCUT2D eigenvalue weighted by Gasteiger charge is -2.50. The molecule has 3 aliphatic heterocycles. The molecule has 5 heterocycles. The van der Waals surface area contributed by atoms with Crippen molar-refractivity contribution in [2.75, 3.05) is 18.1 Å². The van der Waals surface area contributed by atoms with E-state index in [4.69, 9.17) is 15.3 Å². The molecule has 3 N–H and O–H groups in total. The second-order valence-corrected chi connectivity index (χ2v) is 9.98. The van der Waals surface area contributed by atoms with Crippen LogP contribution in [0.3, 0.4) is 0 Å². The third kappa shape index (κ3) is 4.84. The van der Waals surface area contributed by atoms with Gasteiger partial charge in [0.25, 0.3) is 11.8 Å². The van der Waals surface area contributed by atoms with E-state index >= 15 is 0 Å². The smallest absolute Gasteiger partial charge is 0.350 e. The summed E-state index contributed by atoms with van der Waals surface area (Å²) in [5.41, 5.74) is 5.54. The maximum Gasteiger partial charge on any atom is 0.350 e. The standard InChI is InChI=1S/C21H19N7O7S2/c22-21-24-15(26-37-21)12(25-35-11-4-7-34-20(11)33)16(29)23-13-17(30)28-14(19(31)32)10(9-36-18(13)28)8-27-5-2-1-3-6-27/h1-3,5-6,11,13,18H,4,7-9H2,(H3-,22,23,24,26,29,31,32)/t11?,13?,18-/m0/s1. The van der Waals surface area contributed by atoms with E-state index in [1.54, 1.807) is 17.0 Å². The predicted octanol–water partition coefficient (Wildman–Crippen LogP) is -2.45. The number of cyclic esters (lactones) is 1. The van der Waals surface area contributed by atoms with Gasteiger partial charge in [0.05, 0.1) is 18.3 Å². The first-order valence-electron chi connectivity index (χ1n) is 11.0. The molecule has 0 aromatic carbocycles. The molecule has 2 aromatic rings. The number of ether oxygens (including phenoxy) is 1. The number of carboxylic acid groups (broad SMARTS) is 1. The average Bonchev–Trinajstić information content (AvgIpc) is 3.50. The molecule has 37 heavy (non-hydrogen) atoms. The Kier molecular flexibility index (Phi) is 6.75. The van der Waals surface area contributed by atoms with E-state index in [-0.39, 0.29) is 36.2 Å². The summed E-state index contributed by atoms with van der Waals surface area (Å²) in [6, 6.07) is 4.40. The second kappa shape index (κ2) is 10.1. The van der Waals surface area contributed by atoms with Crippen molar-refractivity contribution in [1.29, 1.82) is 0 Å². The number of β-lactam (4-membered cyclic amide) rings is 1. The number of amides is 2. The fourth-order valence-corrected chi connectivity index (χ4v) is 5.74. The molecule has 0 saturated carbocycles. The topological polar surface area (TPSA) is 193 Å². The van der Waals surface area contributed by atoms with Gasteiger partial charge in [-0.3, -0.25) is 14.5 Å². The molecule has 3 atom stereocenters. The largest absolute Gasteiger partial charge is 0.543 e. The summed E-state index contributed by atoms with van der Waals surface area (Å²) in [4.78, 5) is 60.0. The third-order valence-corrected chi connectivity index (χ3v) is 7.59. The molecule has 0 aliphatic carbocycles. The van der Waals surface area contributed by atoms with Crippen molar-refractivity contribution in [3.63, 3.8) is 0 Å². The van der Waals surface area contributed by atoms with Gasteiger partial charge in [-0.05, 0) is 0 Å². The first kappa shape index (κ1) is 24.6. The number of anilines is 1. The van der Waals surface area contributed by atoms with E-state index in [9.17, 15) is 24.3 Å². The van der Waals surface area contributed by atoms with Crippen LogP contribution in [0.4, 0.5) is 5.13 Å². The number of hydrogen-bond donors (Lipinski definition) is 2. The fraction of sp³-hybridized carbons (Fsp3) is 0.333. The van der Waals surface area contributed by atoms with Crippen molar-refractivity contribution >= 4 is 57.9 Å². The van der Waals surface area contributed by atoms with Crippen molar-refractivity contribution < 1.29 is 38.4 Å². The van der Waals surface area contributed by atoms with Crippen LogP contribution in [0.1, 0.15) is 12.2 Å². The van der Waals surface area contributed by atoms with Crippen molar-refractivity contribution in [1.82, 2.24) is 19.6 Å². The maximum atomic E-state index is 13.1. The van der Waals surface area contributed by atoms with E-state index in [0.29, 0.717) is 11.3 Å². The number of hydrogen-bond acceptors (Lipinski definition) is 13. The zero-order chi connectivity index (χ0) is 26.1. The van der Waals surface area contributed by atoms with Gasteiger partial charge in [0.15, 0.2) is 24.1 Å². The number of nitrogen functional groups attached to an aromatic ring is 1. The fourth-order valence-electron chi connectivity index (χ4n) is 3.97. The number of nitrogens with two attached hydrogens (primary N) is 1. The van der Waals surface area contributed by atoms with Crippen molar-refractivity contribution in [3.8, 4) is 0 Å². The van der Waals surface area contributed by atoms with E-state index in [1.165, 1.54) is 11.8 Å². The SMILES string of the molecule is Nc1nc(C(=NOC2CCOC2=O)C(=O)NC2C(=O)N3C(C(=O)[O-])=C(C[n+]4ccccc4)CS[C@@H]23)ns1. The Labute approximate surface area is 217 Å². The lowest BCUT2D eigenvalue weighted by atomic mass is 10.0. The van der Waals surface area contributed by atoms with Gasteiger partial charge in [-0.15, -0.1) is 11.8 Å². The molecule has 5 rings (SSSR count). The molecule has 14 nitrogen and oxygen atoms in total. The summed E-state index contributed by atoms with van der Waals surface area (Å²) in [5, 5.41) is 17.7. The number of fused-ring (bicyclic) bond motifs is 1. The van der Waals surface area contributed by atoms with Crippen LogP contribution in [0.15, 0.2) is 47.0 Å². The maximum absolute atomic E-state index is 13.1. The number of rotatable bonds is 8. The number of carbonyl (C=O) groups is 4. The number of thioether (sulfide) groups is 1. The summed E-state index contributed by atoms with van der Waals surface area (Å²) >= 11 is 2.13. The number of aliphatic carboxylic acids is 1. The number of carboxylic acids is 1. The minimum atomic E-state index is -1.48. The van der Waals surface area contributed by atoms with Crippen LogP contribution >= 0.6 is 23.3 Å². The number of carbonyl (C=O) groups excluding carboxylic acids is 4. The normalized spacial score (nSPS) is 23.3. The average molecular weight is 546 g/mol. The van der Waals surface area contributed by atoms with Crippen LogP contribution in [0.2, 0.25) is 0 Å². The molecule has 2 fully saturated rings. The van der Waals surface area contributed by atoms with Gasteiger partial charge in [0.2, 0.25) is 17.6 Å².